The summed E-state index contributed by atoms with van der Waals surface area (Å²) in [7, 11) is 0. The van der Waals surface area contributed by atoms with Crippen LogP contribution in [-0.4, -0.2) is 35.1 Å². The molecule has 3 aliphatic rings. The van der Waals surface area contributed by atoms with Crippen molar-refractivity contribution in [1.82, 2.24) is 15.3 Å². The Morgan fingerprint density at radius 1 is 1.38 bits per heavy atom. The van der Waals surface area contributed by atoms with Gasteiger partial charge < -0.3 is 10.2 Å². The largest absolute Gasteiger partial charge is 0.335 e. The maximum absolute atomic E-state index is 8.69. The van der Waals surface area contributed by atoms with Gasteiger partial charge in [0.15, 0.2) is 0 Å². The van der Waals surface area contributed by atoms with Crippen molar-refractivity contribution in [2.24, 2.45) is 0 Å². The van der Waals surface area contributed by atoms with Gasteiger partial charge in [-0.3, -0.25) is 0 Å². The fraction of sp³-hybridized carbons (Fsp3) is 0.545. The van der Waals surface area contributed by atoms with Crippen LogP contribution in [0.3, 0.4) is 0 Å². The summed E-state index contributed by atoms with van der Waals surface area (Å²) in [5, 5.41) is 12.2. The summed E-state index contributed by atoms with van der Waals surface area (Å²) in [6, 6.07) is 3.12. The first-order chi connectivity index (χ1) is 7.86. The van der Waals surface area contributed by atoms with Crippen LogP contribution in [0.2, 0.25) is 0 Å². The van der Waals surface area contributed by atoms with Crippen molar-refractivity contribution in [3.8, 4) is 6.07 Å². The fourth-order valence-electron chi connectivity index (χ4n) is 2.48. The van der Waals surface area contributed by atoms with Gasteiger partial charge in [0.1, 0.15) is 6.07 Å². The van der Waals surface area contributed by atoms with Crippen LogP contribution < -0.4 is 10.2 Å². The Morgan fingerprint density at radius 2 is 2.19 bits per heavy atom. The van der Waals surface area contributed by atoms with Crippen LogP contribution in [0.15, 0.2) is 12.4 Å². The van der Waals surface area contributed by atoms with E-state index in [4.69, 9.17) is 5.26 Å². The van der Waals surface area contributed by atoms with E-state index in [-0.39, 0.29) is 0 Å². The molecular formula is C11H13N5. The summed E-state index contributed by atoms with van der Waals surface area (Å²) in [6.07, 6.45) is 5.65. The van der Waals surface area contributed by atoms with Gasteiger partial charge in [-0.2, -0.15) is 5.26 Å². The summed E-state index contributed by atoms with van der Waals surface area (Å²) in [5.74, 6) is 0.759. The molecule has 5 nitrogen and oxygen atoms in total. The van der Waals surface area contributed by atoms with Gasteiger partial charge in [-0.1, -0.05) is 0 Å². The molecule has 5 heteroatoms. The van der Waals surface area contributed by atoms with Crippen molar-refractivity contribution in [2.75, 3.05) is 18.0 Å². The SMILES string of the molecule is N#Cc1cnc(N2C[C@@H]3CC[C@H]2CN3)nc1. The zero-order chi connectivity index (χ0) is 11.0. The Morgan fingerprint density at radius 3 is 2.69 bits per heavy atom. The van der Waals surface area contributed by atoms with Gasteiger partial charge in [-0.05, 0) is 12.8 Å². The van der Waals surface area contributed by atoms with Crippen LogP contribution in [-0.2, 0) is 0 Å². The molecule has 2 bridgehead atoms. The second kappa shape index (κ2) is 3.72. The Hall–Kier alpha value is -1.67. The number of piperazine rings is 1. The molecule has 16 heavy (non-hydrogen) atoms. The van der Waals surface area contributed by atoms with Crippen molar-refractivity contribution in [1.29, 1.82) is 5.26 Å². The molecule has 0 radical (unpaired) electrons. The maximum Gasteiger partial charge on any atom is 0.225 e. The molecule has 0 amide bonds. The molecule has 0 saturated carbocycles. The number of nitriles is 1. The number of fused-ring (bicyclic) bond motifs is 3. The van der Waals surface area contributed by atoms with Crippen LogP contribution in [0.4, 0.5) is 5.95 Å². The molecule has 3 fully saturated rings. The third-order valence-electron chi connectivity index (χ3n) is 3.37. The number of aromatic nitrogens is 2. The molecule has 1 N–H and O–H groups in total. The first kappa shape index (κ1) is 9.55. The summed E-state index contributed by atoms with van der Waals surface area (Å²) in [4.78, 5) is 10.8. The lowest BCUT2D eigenvalue weighted by Gasteiger charge is -2.45. The fourth-order valence-corrected chi connectivity index (χ4v) is 2.48. The van der Waals surface area contributed by atoms with Crippen LogP contribution in [0.25, 0.3) is 0 Å². The van der Waals surface area contributed by atoms with Crippen molar-refractivity contribution < 1.29 is 0 Å². The minimum absolute atomic E-state index is 0.512. The summed E-state index contributed by atoms with van der Waals surface area (Å²) < 4.78 is 0. The quantitative estimate of drug-likeness (QED) is 0.729. The second-order valence-electron chi connectivity index (χ2n) is 4.37. The van der Waals surface area contributed by atoms with Gasteiger partial charge in [0.05, 0.1) is 18.0 Å². The van der Waals surface area contributed by atoms with E-state index in [2.05, 4.69) is 20.2 Å². The van der Waals surface area contributed by atoms with E-state index < -0.39 is 0 Å². The summed E-state index contributed by atoms with van der Waals surface area (Å²) in [6.45, 7) is 2.00. The number of hydrogen-bond donors (Lipinski definition) is 1. The number of anilines is 1. The molecule has 0 aromatic carbocycles. The highest BCUT2D eigenvalue weighted by Crippen LogP contribution is 2.25. The number of hydrogen-bond acceptors (Lipinski definition) is 5. The molecule has 4 rings (SSSR count). The molecule has 0 unspecified atom stereocenters. The first-order valence-corrected chi connectivity index (χ1v) is 5.59. The van der Waals surface area contributed by atoms with Gasteiger partial charge in [0.2, 0.25) is 5.95 Å². The van der Waals surface area contributed by atoms with Gasteiger partial charge in [-0.25, -0.2) is 9.97 Å². The van der Waals surface area contributed by atoms with E-state index in [1.165, 1.54) is 12.8 Å². The lowest BCUT2D eigenvalue weighted by atomic mass is 9.93. The third kappa shape index (κ3) is 1.51. The van der Waals surface area contributed by atoms with Crippen molar-refractivity contribution in [3.05, 3.63) is 18.0 Å². The molecule has 1 aromatic heterocycles. The highest BCUT2D eigenvalue weighted by Gasteiger charge is 2.34. The normalized spacial score (nSPS) is 27.8. The highest BCUT2D eigenvalue weighted by atomic mass is 15.3. The zero-order valence-corrected chi connectivity index (χ0v) is 8.93. The Kier molecular flexibility index (Phi) is 2.22. The van der Waals surface area contributed by atoms with E-state index >= 15 is 0 Å². The predicted octanol–water partition coefficient (Wildman–Crippen LogP) is 0.289. The van der Waals surface area contributed by atoms with Gasteiger partial charge in [0, 0.05) is 25.2 Å². The lowest BCUT2D eigenvalue weighted by molar-refractivity contribution is 0.287. The van der Waals surface area contributed by atoms with Crippen LogP contribution >= 0.6 is 0 Å². The van der Waals surface area contributed by atoms with Gasteiger partial charge in [-0.15, -0.1) is 0 Å². The zero-order valence-electron chi connectivity index (χ0n) is 8.93. The Labute approximate surface area is 94.1 Å². The minimum atomic E-state index is 0.512. The van der Waals surface area contributed by atoms with E-state index in [9.17, 15) is 0 Å². The maximum atomic E-state index is 8.69. The smallest absolute Gasteiger partial charge is 0.225 e. The molecule has 2 atom stereocenters. The molecular weight excluding hydrogens is 202 g/mol. The second-order valence-corrected chi connectivity index (χ2v) is 4.37. The van der Waals surface area contributed by atoms with Crippen molar-refractivity contribution >= 4 is 5.95 Å². The van der Waals surface area contributed by atoms with Gasteiger partial charge >= 0.3 is 0 Å². The molecule has 82 valence electrons. The lowest BCUT2D eigenvalue weighted by Crippen LogP contribution is -2.61. The van der Waals surface area contributed by atoms with Crippen molar-refractivity contribution in [2.45, 2.75) is 24.9 Å². The van der Waals surface area contributed by atoms with Gasteiger partial charge in [0.25, 0.3) is 0 Å². The third-order valence-corrected chi connectivity index (χ3v) is 3.37. The Bertz CT molecular complexity index is 413. The number of nitrogens with zero attached hydrogens (tertiary/aromatic N) is 4. The topological polar surface area (TPSA) is 64.8 Å². The molecule has 1 aromatic rings. The number of piperidine rings is 2. The molecule has 0 spiro atoms. The summed E-state index contributed by atoms with van der Waals surface area (Å²) >= 11 is 0. The van der Waals surface area contributed by atoms with E-state index in [1.54, 1.807) is 12.4 Å². The molecule has 4 heterocycles. The highest BCUT2D eigenvalue weighted by molar-refractivity contribution is 5.36. The van der Waals surface area contributed by atoms with Crippen LogP contribution in [0.5, 0.6) is 0 Å². The average molecular weight is 215 g/mol. The standard InChI is InChI=1S/C11H13N5/c12-3-8-4-14-11(15-5-8)16-7-9-1-2-10(16)6-13-9/h4-5,9-10,13H,1-2,6-7H2/t9-,10-/m0/s1. The Balaban J connectivity index is 1.84. The predicted molar refractivity (Wildman–Crippen MR) is 58.9 cm³/mol. The number of rotatable bonds is 1. The minimum Gasteiger partial charge on any atom is -0.335 e. The molecule has 3 aliphatic heterocycles. The van der Waals surface area contributed by atoms with E-state index in [1.807, 2.05) is 6.07 Å². The van der Waals surface area contributed by atoms with Crippen LogP contribution in [0, 0.1) is 11.3 Å². The average Bonchev–Trinajstić information content (AvgIpc) is 2.40. The molecule has 0 aliphatic carbocycles. The van der Waals surface area contributed by atoms with E-state index in [0.717, 1.165) is 19.0 Å². The van der Waals surface area contributed by atoms with Crippen LogP contribution in [0.1, 0.15) is 18.4 Å². The first-order valence-electron chi connectivity index (χ1n) is 5.59. The van der Waals surface area contributed by atoms with E-state index in [0.29, 0.717) is 17.6 Å². The summed E-state index contributed by atoms with van der Waals surface area (Å²) in [5.41, 5.74) is 0.518. The molecule has 3 saturated heterocycles. The number of nitrogens with one attached hydrogen (secondary N) is 1. The van der Waals surface area contributed by atoms with Crippen molar-refractivity contribution in [3.63, 3.8) is 0 Å². The monoisotopic (exact) mass is 215 g/mol.